The molecule has 0 aromatic heterocycles. The second-order valence-corrected chi connectivity index (χ2v) is 3.81. The van der Waals surface area contributed by atoms with Gasteiger partial charge in [0.05, 0.1) is 7.11 Å². The highest BCUT2D eigenvalue weighted by atomic mass is 16.5. The first-order valence-corrected chi connectivity index (χ1v) is 5.44. The van der Waals surface area contributed by atoms with Crippen molar-refractivity contribution in [3.63, 3.8) is 0 Å². The molecule has 0 aliphatic carbocycles. The number of methoxy groups -OCH3 is 1. The molecule has 0 bridgehead atoms. The van der Waals surface area contributed by atoms with E-state index in [0.29, 0.717) is 0 Å². The molecule has 3 heteroatoms. The molecule has 0 aliphatic rings. The largest absolute Gasteiger partial charge is 0.496 e. The van der Waals surface area contributed by atoms with Gasteiger partial charge in [-0.15, -0.1) is 6.58 Å². The van der Waals surface area contributed by atoms with E-state index >= 15 is 0 Å². The van der Waals surface area contributed by atoms with Crippen LogP contribution in [-0.4, -0.2) is 7.11 Å². The predicted molar refractivity (Wildman–Crippen MR) is 67.2 cm³/mol. The average molecular weight is 220 g/mol. The van der Waals surface area contributed by atoms with Gasteiger partial charge in [0.1, 0.15) is 5.75 Å². The molecule has 0 radical (unpaired) electrons. The average Bonchev–Trinajstić information content (AvgIpc) is 2.30. The third-order valence-corrected chi connectivity index (χ3v) is 2.68. The molecule has 1 aromatic rings. The van der Waals surface area contributed by atoms with E-state index in [2.05, 4.69) is 18.1 Å². The standard InChI is InChI=1S/C13H20N2O/c1-4-5-6-12(15-14)11-7-8-13(16-3)10(2)9-11/h4,7-9,12,15H,1,5-6,14H2,2-3H3. The number of nitrogens with two attached hydrogens (primary N) is 1. The molecule has 1 aromatic carbocycles. The van der Waals surface area contributed by atoms with Crippen molar-refractivity contribution in [2.45, 2.75) is 25.8 Å². The summed E-state index contributed by atoms with van der Waals surface area (Å²) in [4.78, 5) is 0. The number of rotatable bonds is 6. The summed E-state index contributed by atoms with van der Waals surface area (Å²) >= 11 is 0. The summed E-state index contributed by atoms with van der Waals surface area (Å²) in [5.74, 6) is 6.46. The summed E-state index contributed by atoms with van der Waals surface area (Å²) in [7, 11) is 1.68. The van der Waals surface area contributed by atoms with Gasteiger partial charge in [-0.1, -0.05) is 18.2 Å². The lowest BCUT2D eigenvalue weighted by Gasteiger charge is -2.17. The van der Waals surface area contributed by atoms with Gasteiger partial charge < -0.3 is 4.74 Å². The maximum Gasteiger partial charge on any atom is 0.121 e. The lowest BCUT2D eigenvalue weighted by Crippen LogP contribution is -2.27. The first-order chi connectivity index (χ1) is 7.72. The van der Waals surface area contributed by atoms with E-state index in [1.165, 1.54) is 5.56 Å². The smallest absolute Gasteiger partial charge is 0.121 e. The fourth-order valence-corrected chi connectivity index (χ4v) is 1.75. The van der Waals surface area contributed by atoms with Gasteiger partial charge in [-0.3, -0.25) is 11.3 Å². The Kier molecular flexibility index (Phi) is 5.02. The van der Waals surface area contributed by atoms with Gasteiger partial charge in [-0.25, -0.2) is 0 Å². The summed E-state index contributed by atoms with van der Waals surface area (Å²) in [5.41, 5.74) is 5.14. The number of nitrogens with one attached hydrogen (secondary N) is 1. The minimum Gasteiger partial charge on any atom is -0.496 e. The topological polar surface area (TPSA) is 47.3 Å². The van der Waals surface area contributed by atoms with E-state index in [1.807, 2.05) is 25.1 Å². The molecule has 0 aliphatic heterocycles. The minimum atomic E-state index is 0.169. The van der Waals surface area contributed by atoms with Crippen molar-refractivity contribution in [3.05, 3.63) is 42.0 Å². The second kappa shape index (κ2) is 6.30. The molecule has 0 heterocycles. The highest BCUT2D eigenvalue weighted by Crippen LogP contribution is 2.24. The van der Waals surface area contributed by atoms with Crippen LogP contribution in [0.1, 0.15) is 30.0 Å². The first-order valence-electron chi connectivity index (χ1n) is 5.44. The van der Waals surface area contributed by atoms with Crippen LogP contribution >= 0.6 is 0 Å². The van der Waals surface area contributed by atoms with E-state index in [4.69, 9.17) is 10.6 Å². The van der Waals surface area contributed by atoms with Crippen LogP contribution in [0.2, 0.25) is 0 Å². The van der Waals surface area contributed by atoms with Crippen molar-refractivity contribution >= 4 is 0 Å². The SMILES string of the molecule is C=CCCC(NN)c1ccc(OC)c(C)c1. The zero-order valence-corrected chi connectivity index (χ0v) is 9.99. The minimum absolute atomic E-state index is 0.169. The number of allylic oxidation sites excluding steroid dienone is 1. The lowest BCUT2D eigenvalue weighted by atomic mass is 10.0. The van der Waals surface area contributed by atoms with Crippen LogP contribution in [0.25, 0.3) is 0 Å². The Hall–Kier alpha value is -1.32. The van der Waals surface area contributed by atoms with Crippen LogP contribution in [0.3, 0.4) is 0 Å². The molecular formula is C13H20N2O. The van der Waals surface area contributed by atoms with Gasteiger partial charge in [0.15, 0.2) is 0 Å². The maximum absolute atomic E-state index is 5.55. The Bertz CT molecular complexity index is 350. The van der Waals surface area contributed by atoms with E-state index < -0.39 is 0 Å². The lowest BCUT2D eigenvalue weighted by molar-refractivity contribution is 0.411. The Morgan fingerprint density at radius 1 is 1.56 bits per heavy atom. The van der Waals surface area contributed by atoms with Crippen molar-refractivity contribution in [1.82, 2.24) is 5.43 Å². The molecule has 0 saturated heterocycles. The maximum atomic E-state index is 5.55. The highest BCUT2D eigenvalue weighted by Gasteiger charge is 2.10. The Labute approximate surface area is 97.3 Å². The van der Waals surface area contributed by atoms with Crippen LogP contribution in [0.15, 0.2) is 30.9 Å². The van der Waals surface area contributed by atoms with Crippen LogP contribution < -0.4 is 16.0 Å². The van der Waals surface area contributed by atoms with E-state index in [-0.39, 0.29) is 6.04 Å². The molecule has 0 spiro atoms. The van der Waals surface area contributed by atoms with Crippen LogP contribution in [0.5, 0.6) is 5.75 Å². The molecular weight excluding hydrogens is 200 g/mol. The first kappa shape index (κ1) is 12.7. The number of benzene rings is 1. The Morgan fingerprint density at radius 2 is 2.31 bits per heavy atom. The van der Waals surface area contributed by atoms with Crippen LogP contribution in [-0.2, 0) is 0 Å². The molecule has 1 unspecified atom stereocenters. The molecule has 3 N–H and O–H groups in total. The predicted octanol–water partition coefficient (Wildman–Crippen LogP) is 2.47. The van der Waals surface area contributed by atoms with Gasteiger partial charge >= 0.3 is 0 Å². The molecule has 1 atom stereocenters. The van der Waals surface area contributed by atoms with Gasteiger partial charge in [-0.2, -0.15) is 0 Å². The van der Waals surface area contributed by atoms with Crippen molar-refractivity contribution < 1.29 is 4.74 Å². The number of hydrogen-bond donors (Lipinski definition) is 2. The van der Waals surface area contributed by atoms with Crippen molar-refractivity contribution in [2.24, 2.45) is 5.84 Å². The van der Waals surface area contributed by atoms with Crippen LogP contribution in [0, 0.1) is 6.92 Å². The number of hydrogen-bond acceptors (Lipinski definition) is 3. The summed E-state index contributed by atoms with van der Waals surface area (Å²) in [6.07, 6.45) is 3.80. The van der Waals surface area contributed by atoms with Crippen LogP contribution in [0.4, 0.5) is 0 Å². The van der Waals surface area contributed by atoms with E-state index in [9.17, 15) is 0 Å². The quantitative estimate of drug-likeness (QED) is 0.440. The Balaban J connectivity index is 2.84. The fourth-order valence-electron chi connectivity index (χ4n) is 1.75. The van der Waals surface area contributed by atoms with Gasteiger partial charge in [0, 0.05) is 6.04 Å². The molecule has 1 rings (SSSR count). The molecule has 88 valence electrons. The Morgan fingerprint density at radius 3 is 2.81 bits per heavy atom. The molecule has 0 saturated carbocycles. The second-order valence-electron chi connectivity index (χ2n) is 3.81. The summed E-state index contributed by atoms with van der Waals surface area (Å²) in [5, 5.41) is 0. The molecule has 0 amide bonds. The fraction of sp³-hybridized carbons (Fsp3) is 0.385. The molecule has 0 fully saturated rings. The summed E-state index contributed by atoms with van der Waals surface area (Å²) < 4.78 is 5.23. The van der Waals surface area contributed by atoms with Gasteiger partial charge in [0.2, 0.25) is 0 Å². The molecule has 16 heavy (non-hydrogen) atoms. The third kappa shape index (κ3) is 3.08. The van der Waals surface area contributed by atoms with Crippen molar-refractivity contribution in [1.29, 1.82) is 0 Å². The number of aryl methyl sites for hydroxylation is 1. The van der Waals surface area contributed by atoms with Gasteiger partial charge in [-0.05, 0) is 37.0 Å². The summed E-state index contributed by atoms with van der Waals surface area (Å²) in [6, 6.07) is 6.29. The van der Waals surface area contributed by atoms with Crippen molar-refractivity contribution in [3.8, 4) is 5.75 Å². The van der Waals surface area contributed by atoms with E-state index in [1.54, 1.807) is 7.11 Å². The van der Waals surface area contributed by atoms with E-state index in [0.717, 1.165) is 24.2 Å². The zero-order chi connectivity index (χ0) is 12.0. The molecule has 3 nitrogen and oxygen atoms in total. The monoisotopic (exact) mass is 220 g/mol. The number of ether oxygens (including phenoxy) is 1. The highest BCUT2D eigenvalue weighted by molar-refractivity contribution is 5.37. The van der Waals surface area contributed by atoms with Gasteiger partial charge in [0.25, 0.3) is 0 Å². The third-order valence-electron chi connectivity index (χ3n) is 2.68. The van der Waals surface area contributed by atoms with Crippen molar-refractivity contribution in [2.75, 3.05) is 7.11 Å². The summed E-state index contributed by atoms with van der Waals surface area (Å²) in [6.45, 7) is 5.75. The normalized spacial score (nSPS) is 12.2. The number of hydrazine groups is 1. The zero-order valence-electron chi connectivity index (χ0n) is 9.99.